The second kappa shape index (κ2) is 4.58. The number of benzene rings is 1. The van der Waals surface area contributed by atoms with Crippen LogP contribution in [0, 0.1) is 18.8 Å². The number of hydrogen-bond donors (Lipinski definition) is 0. The van der Waals surface area contributed by atoms with Crippen LogP contribution in [-0.2, 0) is 0 Å². The molecule has 9 heavy (non-hydrogen) atoms. The van der Waals surface area contributed by atoms with Gasteiger partial charge in [-0.3, -0.25) is 0 Å². The van der Waals surface area contributed by atoms with E-state index >= 15 is 0 Å². The van der Waals surface area contributed by atoms with Crippen LogP contribution in [0.5, 0.6) is 0 Å². The fraction of sp³-hybridized carbons (Fsp3) is 0.143. The van der Waals surface area contributed by atoms with Gasteiger partial charge in [0, 0.05) is 5.82 Å². The van der Waals surface area contributed by atoms with Gasteiger partial charge in [0.15, 0.2) is 0 Å². The Morgan fingerprint density at radius 1 is 1.56 bits per heavy atom. The van der Waals surface area contributed by atoms with Gasteiger partial charge in [-0.05, 0) is 0 Å². The molecule has 0 aliphatic rings. The topological polar surface area (TPSA) is 0 Å². The minimum absolute atomic E-state index is 0. The predicted octanol–water partition coefficient (Wildman–Crippen LogP) is -1.06. The monoisotopic (exact) mass is 148 g/mol. The first kappa shape index (κ1) is 9.79. The van der Waals surface area contributed by atoms with Crippen molar-refractivity contribution in [3.63, 3.8) is 0 Å². The van der Waals surface area contributed by atoms with Crippen LogP contribution in [0.3, 0.4) is 0 Å². The van der Waals surface area contributed by atoms with E-state index in [1.54, 1.807) is 6.07 Å². The van der Waals surface area contributed by atoms with Crippen molar-refractivity contribution in [1.29, 1.82) is 0 Å². The van der Waals surface area contributed by atoms with E-state index in [-0.39, 0.29) is 57.2 Å². The smallest absolute Gasteiger partial charge is 0.236 e. The van der Waals surface area contributed by atoms with Crippen LogP contribution in [0.2, 0.25) is 0 Å². The SMILES string of the molecule is Cc1cc[c-]c(F)c1.[K+]. The Bertz CT molecular complexity index is 169. The van der Waals surface area contributed by atoms with E-state index in [4.69, 9.17) is 0 Å². The first-order chi connectivity index (χ1) is 3.79. The third-order valence-corrected chi connectivity index (χ3v) is 0.922. The van der Waals surface area contributed by atoms with Crippen molar-refractivity contribution in [2.45, 2.75) is 6.92 Å². The van der Waals surface area contributed by atoms with Gasteiger partial charge < -0.3 is 0 Å². The molecule has 0 N–H and O–H groups in total. The van der Waals surface area contributed by atoms with E-state index in [2.05, 4.69) is 6.07 Å². The van der Waals surface area contributed by atoms with Crippen LogP contribution < -0.4 is 51.4 Å². The van der Waals surface area contributed by atoms with Crippen molar-refractivity contribution >= 4 is 0 Å². The van der Waals surface area contributed by atoms with Crippen molar-refractivity contribution < 1.29 is 55.8 Å². The van der Waals surface area contributed by atoms with E-state index < -0.39 is 0 Å². The molecule has 0 saturated carbocycles. The summed E-state index contributed by atoms with van der Waals surface area (Å²) in [5, 5.41) is 0. The summed E-state index contributed by atoms with van der Waals surface area (Å²) in [5.74, 6) is -0.287. The van der Waals surface area contributed by atoms with E-state index in [0.29, 0.717) is 0 Å². The predicted molar refractivity (Wildman–Crippen MR) is 30.0 cm³/mol. The second-order valence-corrected chi connectivity index (χ2v) is 1.71. The summed E-state index contributed by atoms with van der Waals surface area (Å²) >= 11 is 0. The third-order valence-electron chi connectivity index (χ3n) is 0.922. The molecule has 1 aromatic rings. The van der Waals surface area contributed by atoms with E-state index in [9.17, 15) is 4.39 Å². The minimum Gasteiger partial charge on any atom is -0.236 e. The third kappa shape index (κ3) is 3.48. The molecular weight excluding hydrogens is 142 g/mol. The van der Waals surface area contributed by atoms with Crippen molar-refractivity contribution in [2.75, 3.05) is 0 Å². The summed E-state index contributed by atoms with van der Waals surface area (Å²) in [6.07, 6.45) is 0. The van der Waals surface area contributed by atoms with Gasteiger partial charge >= 0.3 is 51.4 Å². The molecule has 0 atom stereocenters. The Hall–Kier alpha value is 0.786. The fourth-order valence-electron chi connectivity index (χ4n) is 0.542. The molecule has 0 nitrogen and oxygen atoms in total. The molecule has 2 heteroatoms. The molecule has 0 aliphatic heterocycles. The van der Waals surface area contributed by atoms with Gasteiger partial charge in [-0.15, -0.1) is 12.1 Å². The summed E-state index contributed by atoms with van der Waals surface area (Å²) < 4.78 is 12.1. The van der Waals surface area contributed by atoms with Gasteiger partial charge in [0.05, 0.1) is 0 Å². The molecule has 0 radical (unpaired) electrons. The van der Waals surface area contributed by atoms with Gasteiger partial charge in [0.1, 0.15) is 0 Å². The van der Waals surface area contributed by atoms with Gasteiger partial charge in [0.25, 0.3) is 0 Å². The van der Waals surface area contributed by atoms with Crippen LogP contribution >= 0.6 is 0 Å². The molecule has 42 valence electrons. The number of rotatable bonds is 0. The molecule has 1 rings (SSSR count). The molecule has 0 bridgehead atoms. The molecular formula is C7H6FK. The molecule has 0 saturated heterocycles. The molecule has 0 aliphatic carbocycles. The van der Waals surface area contributed by atoms with Gasteiger partial charge in [0.2, 0.25) is 0 Å². The summed E-state index contributed by atoms with van der Waals surface area (Å²) in [5.41, 5.74) is 0.932. The maximum Gasteiger partial charge on any atom is 1.00 e. The molecule has 1 aromatic carbocycles. The van der Waals surface area contributed by atoms with Crippen LogP contribution in [-0.4, -0.2) is 0 Å². The average molecular weight is 148 g/mol. The molecule has 0 spiro atoms. The summed E-state index contributed by atoms with van der Waals surface area (Å²) in [7, 11) is 0. The van der Waals surface area contributed by atoms with Crippen LogP contribution in [0.4, 0.5) is 4.39 Å². The average Bonchev–Trinajstić information content (AvgIpc) is 1.64. The zero-order valence-corrected chi connectivity index (χ0v) is 8.73. The fourth-order valence-corrected chi connectivity index (χ4v) is 0.542. The van der Waals surface area contributed by atoms with Crippen LogP contribution in [0.15, 0.2) is 18.2 Å². The van der Waals surface area contributed by atoms with Crippen LogP contribution in [0.25, 0.3) is 0 Å². The van der Waals surface area contributed by atoms with E-state index in [0.717, 1.165) is 5.56 Å². The maximum atomic E-state index is 12.1. The Kier molecular flexibility index (Phi) is 4.98. The number of hydrogen-bond acceptors (Lipinski definition) is 0. The van der Waals surface area contributed by atoms with Gasteiger partial charge in [-0.25, -0.2) is 4.39 Å². The second-order valence-electron chi connectivity index (χ2n) is 1.71. The van der Waals surface area contributed by atoms with Crippen molar-refractivity contribution in [3.05, 3.63) is 35.6 Å². The number of halogens is 1. The largest absolute Gasteiger partial charge is 1.00 e. The van der Waals surface area contributed by atoms with Crippen LogP contribution in [0.1, 0.15) is 5.56 Å². The Balaban J connectivity index is 0.000000640. The van der Waals surface area contributed by atoms with E-state index in [1.165, 1.54) is 6.07 Å². The molecule has 0 amide bonds. The quantitative estimate of drug-likeness (QED) is 0.325. The first-order valence-electron chi connectivity index (χ1n) is 2.43. The zero-order valence-electron chi connectivity index (χ0n) is 5.61. The Morgan fingerprint density at radius 3 is 2.56 bits per heavy atom. The summed E-state index contributed by atoms with van der Waals surface area (Å²) in [6, 6.07) is 7.23. The van der Waals surface area contributed by atoms with Crippen molar-refractivity contribution in [2.24, 2.45) is 0 Å². The van der Waals surface area contributed by atoms with Crippen molar-refractivity contribution in [1.82, 2.24) is 0 Å². The summed E-state index contributed by atoms with van der Waals surface area (Å²) in [6.45, 7) is 1.84. The Labute approximate surface area is 96.9 Å². The standard InChI is InChI=1S/C7H6F.K/c1-6-3-2-4-7(8)5-6;/h2-3,5H,1H3;/q-1;+1. The number of aryl methyl sites for hydroxylation is 1. The van der Waals surface area contributed by atoms with Gasteiger partial charge in [-0.1, -0.05) is 6.92 Å². The van der Waals surface area contributed by atoms with Gasteiger partial charge in [-0.2, -0.15) is 17.7 Å². The molecule has 0 heterocycles. The van der Waals surface area contributed by atoms with E-state index in [1.807, 2.05) is 13.0 Å². The first-order valence-corrected chi connectivity index (χ1v) is 2.43. The van der Waals surface area contributed by atoms with Crippen molar-refractivity contribution in [3.8, 4) is 0 Å². The molecule has 0 aromatic heterocycles. The molecule has 0 unspecified atom stereocenters. The maximum absolute atomic E-state index is 12.1. The zero-order chi connectivity index (χ0) is 5.98. The normalized spacial score (nSPS) is 8.22. The Morgan fingerprint density at radius 2 is 2.22 bits per heavy atom. The summed E-state index contributed by atoms with van der Waals surface area (Å²) in [4.78, 5) is 0. The molecule has 0 fully saturated rings. The minimum atomic E-state index is -0.287.